The number of ether oxygens (including phenoxy) is 1. The van der Waals surface area contributed by atoms with Crippen LogP contribution in [0, 0.1) is 0 Å². The highest BCUT2D eigenvalue weighted by atomic mass is 32.2. The molecule has 3 aromatic rings. The Kier molecular flexibility index (Phi) is 5.26. The van der Waals surface area contributed by atoms with Gasteiger partial charge in [-0.1, -0.05) is 54.6 Å². The zero-order chi connectivity index (χ0) is 23.2. The highest BCUT2D eigenvalue weighted by Crippen LogP contribution is 2.37. The third-order valence-corrected chi connectivity index (χ3v) is 7.98. The molecule has 2 aliphatic rings. The lowest BCUT2D eigenvalue weighted by Crippen LogP contribution is -2.47. The van der Waals surface area contributed by atoms with E-state index in [1.54, 1.807) is 24.3 Å². The van der Waals surface area contributed by atoms with Crippen molar-refractivity contribution in [1.29, 1.82) is 0 Å². The molecule has 168 valence electrons. The van der Waals surface area contributed by atoms with E-state index in [-0.39, 0.29) is 23.2 Å². The smallest absolute Gasteiger partial charge is 0.416 e. The van der Waals surface area contributed by atoms with Crippen molar-refractivity contribution in [3.05, 3.63) is 78.4 Å². The van der Waals surface area contributed by atoms with E-state index in [1.807, 2.05) is 36.4 Å². The molecule has 10 heteroatoms. The van der Waals surface area contributed by atoms with Crippen molar-refractivity contribution in [2.45, 2.75) is 17.0 Å². The maximum atomic E-state index is 13.6. The van der Waals surface area contributed by atoms with Crippen LogP contribution in [0.25, 0.3) is 10.8 Å². The number of rotatable bonds is 4. The fraction of sp³-hybridized carbons (Fsp3) is 0.174. The van der Waals surface area contributed by atoms with E-state index < -0.39 is 34.1 Å². The minimum atomic E-state index is -4.10. The van der Waals surface area contributed by atoms with E-state index in [9.17, 15) is 18.0 Å². The molecule has 33 heavy (non-hydrogen) atoms. The first-order chi connectivity index (χ1) is 15.9. The number of amides is 2. The molecule has 2 saturated heterocycles. The number of hydrogen-bond acceptors (Lipinski definition) is 6. The summed E-state index contributed by atoms with van der Waals surface area (Å²) in [6, 6.07) is 18.9. The van der Waals surface area contributed by atoms with Gasteiger partial charge >= 0.3 is 6.09 Å². The average Bonchev–Trinajstić information content (AvgIpc) is 3.42. The van der Waals surface area contributed by atoms with Crippen LogP contribution < -0.4 is 5.32 Å². The Morgan fingerprint density at radius 2 is 1.70 bits per heavy atom. The summed E-state index contributed by atoms with van der Waals surface area (Å²) < 4.78 is 33.2. The molecule has 0 bridgehead atoms. The van der Waals surface area contributed by atoms with Crippen LogP contribution in [0.15, 0.2) is 77.7 Å². The molecule has 0 radical (unpaired) electrons. The Labute approximate surface area is 195 Å². The maximum absolute atomic E-state index is 13.6. The number of thiocarbonyl (C=S) groups is 1. The van der Waals surface area contributed by atoms with Crippen molar-refractivity contribution in [3.63, 3.8) is 0 Å². The summed E-state index contributed by atoms with van der Waals surface area (Å²) in [5.74, 6) is -0.594. The summed E-state index contributed by atoms with van der Waals surface area (Å²) in [7, 11) is -4.10. The van der Waals surface area contributed by atoms with Gasteiger partial charge in [0.25, 0.3) is 15.9 Å². The van der Waals surface area contributed by atoms with Crippen molar-refractivity contribution in [3.8, 4) is 0 Å². The molecule has 8 nitrogen and oxygen atoms in total. The third-order valence-electron chi connectivity index (χ3n) is 5.76. The SMILES string of the molecule is O=C1OCCN1C(=O)[C@@H]1NC(=S)N(S(=O)(=O)c2ccccc2)[C@H]1c1ccc2ccccc2c1. The highest BCUT2D eigenvalue weighted by molar-refractivity contribution is 7.91. The fourth-order valence-electron chi connectivity index (χ4n) is 4.18. The van der Waals surface area contributed by atoms with E-state index >= 15 is 0 Å². The molecule has 0 aromatic heterocycles. The van der Waals surface area contributed by atoms with Crippen LogP contribution in [0.1, 0.15) is 11.6 Å². The van der Waals surface area contributed by atoms with Gasteiger partial charge in [0.2, 0.25) is 0 Å². The number of fused-ring (bicyclic) bond motifs is 1. The van der Waals surface area contributed by atoms with Crippen LogP contribution in [0.3, 0.4) is 0 Å². The maximum Gasteiger partial charge on any atom is 0.416 e. The first-order valence-corrected chi connectivity index (χ1v) is 12.1. The Hall–Kier alpha value is -3.50. The molecule has 2 atom stereocenters. The average molecular weight is 482 g/mol. The summed E-state index contributed by atoms with van der Waals surface area (Å²) in [5, 5.41) is 4.60. The topological polar surface area (TPSA) is 96.0 Å². The molecule has 0 aliphatic carbocycles. The third kappa shape index (κ3) is 3.61. The van der Waals surface area contributed by atoms with E-state index in [4.69, 9.17) is 17.0 Å². The van der Waals surface area contributed by atoms with Crippen molar-refractivity contribution in [2.24, 2.45) is 0 Å². The van der Waals surface area contributed by atoms with Crippen LogP contribution in [0.2, 0.25) is 0 Å². The molecule has 2 aliphatic heterocycles. The summed E-state index contributed by atoms with van der Waals surface area (Å²) in [4.78, 5) is 26.4. The molecule has 2 amide bonds. The zero-order valence-corrected chi connectivity index (χ0v) is 18.9. The van der Waals surface area contributed by atoms with Crippen LogP contribution in [-0.2, 0) is 19.6 Å². The van der Waals surface area contributed by atoms with Gasteiger partial charge < -0.3 is 10.1 Å². The number of imide groups is 1. The molecule has 1 N–H and O–H groups in total. The molecule has 5 rings (SSSR count). The first kappa shape index (κ1) is 21.4. The number of carbonyl (C=O) groups is 2. The first-order valence-electron chi connectivity index (χ1n) is 10.2. The minimum Gasteiger partial charge on any atom is -0.447 e. The van der Waals surface area contributed by atoms with Crippen molar-refractivity contribution in [1.82, 2.24) is 14.5 Å². The second kappa shape index (κ2) is 8.13. The zero-order valence-electron chi connectivity index (χ0n) is 17.2. The molecule has 0 spiro atoms. The van der Waals surface area contributed by atoms with Crippen LogP contribution in [-0.4, -0.2) is 53.9 Å². The summed E-state index contributed by atoms with van der Waals surface area (Å²) in [6.07, 6.45) is -0.755. The van der Waals surface area contributed by atoms with Crippen LogP contribution in [0.4, 0.5) is 4.79 Å². The number of nitrogens with zero attached hydrogens (tertiary/aromatic N) is 2. The van der Waals surface area contributed by atoms with Crippen LogP contribution >= 0.6 is 12.2 Å². The van der Waals surface area contributed by atoms with E-state index in [0.29, 0.717) is 5.56 Å². The molecular formula is C23H19N3O5S2. The number of nitrogens with one attached hydrogen (secondary N) is 1. The van der Waals surface area contributed by atoms with E-state index in [1.165, 1.54) is 12.1 Å². The number of hydrogen-bond donors (Lipinski definition) is 1. The Morgan fingerprint density at radius 3 is 2.39 bits per heavy atom. The van der Waals surface area contributed by atoms with E-state index in [2.05, 4.69) is 5.32 Å². The van der Waals surface area contributed by atoms with E-state index in [0.717, 1.165) is 20.0 Å². The molecule has 3 aromatic carbocycles. The molecule has 0 unspecified atom stereocenters. The summed E-state index contributed by atoms with van der Waals surface area (Å²) in [6.45, 7) is 0.187. The van der Waals surface area contributed by atoms with Gasteiger partial charge in [-0.25, -0.2) is 22.4 Å². The number of benzene rings is 3. The lowest BCUT2D eigenvalue weighted by Gasteiger charge is -2.28. The summed E-state index contributed by atoms with van der Waals surface area (Å²) >= 11 is 5.41. The molecule has 0 saturated carbocycles. The Balaban J connectivity index is 1.65. The monoisotopic (exact) mass is 481 g/mol. The van der Waals surface area contributed by atoms with Crippen molar-refractivity contribution in [2.75, 3.05) is 13.2 Å². The molecule has 2 heterocycles. The van der Waals surface area contributed by atoms with Crippen LogP contribution in [0.5, 0.6) is 0 Å². The quantitative estimate of drug-likeness (QED) is 0.573. The largest absolute Gasteiger partial charge is 0.447 e. The van der Waals surface area contributed by atoms with Gasteiger partial charge in [-0.2, -0.15) is 0 Å². The van der Waals surface area contributed by atoms with Gasteiger partial charge in [0.1, 0.15) is 18.7 Å². The minimum absolute atomic E-state index is 0.0496. The number of sulfonamides is 1. The second-order valence-electron chi connectivity index (χ2n) is 7.70. The van der Waals surface area contributed by atoms with Gasteiger partial charge in [-0.3, -0.25) is 4.79 Å². The number of carbonyl (C=O) groups excluding carboxylic acids is 2. The highest BCUT2D eigenvalue weighted by Gasteiger charge is 2.50. The van der Waals surface area contributed by atoms with Gasteiger partial charge in [0, 0.05) is 0 Å². The van der Waals surface area contributed by atoms with Gasteiger partial charge in [0.15, 0.2) is 5.11 Å². The standard InChI is InChI=1S/C23H19N3O5S2/c27-21(25-12-13-31-23(25)28)19-20(17-11-10-15-6-4-5-7-16(15)14-17)26(22(32)24-19)33(29,30)18-8-2-1-3-9-18/h1-11,14,19-20H,12-13H2,(H,24,32)/t19-,20+/m1/s1. The summed E-state index contributed by atoms with van der Waals surface area (Å²) in [5.41, 5.74) is 0.575. The van der Waals surface area contributed by atoms with Gasteiger partial charge in [-0.05, 0) is 46.8 Å². The fourth-order valence-corrected chi connectivity index (χ4v) is 6.26. The van der Waals surface area contributed by atoms with Gasteiger partial charge in [-0.15, -0.1) is 0 Å². The Bertz CT molecular complexity index is 1380. The lowest BCUT2D eigenvalue weighted by atomic mass is 9.97. The second-order valence-corrected chi connectivity index (χ2v) is 9.90. The van der Waals surface area contributed by atoms with Gasteiger partial charge in [0.05, 0.1) is 11.4 Å². The molecular weight excluding hydrogens is 462 g/mol. The number of cyclic esters (lactones) is 1. The van der Waals surface area contributed by atoms with Crippen molar-refractivity contribution < 1.29 is 22.7 Å². The predicted octanol–water partition coefficient (Wildman–Crippen LogP) is 2.81. The molecule has 2 fully saturated rings. The van der Waals surface area contributed by atoms with Crippen molar-refractivity contribution >= 4 is 50.1 Å². The predicted molar refractivity (Wildman–Crippen MR) is 125 cm³/mol. The Morgan fingerprint density at radius 1 is 1.00 bits per heavy atom. The normalized spacial score (nSPS) is 20.7. The lowest BCUT2D eigenvalue weighted by molar-refractivity contribution is -0.130.